The molecule has 1 N–H and O–H groups in total. The van der Waals surface area contributed by atoms with Gasteiger partial charge in [0.15, 0.2) is 0 Å². The van der Waals surface area contributed by atoms with Crippen molar-refractivity contribution in [1.82, 2.24) is 5.32 Å². The van der Waals surface area contributed by atoms with E-state index in [0.717, 1.165) is 16.3 Å². The number of hydrogen-bond acceptors (Lipinski definition) is 3. The highest BCUT2D eigenvalue weighted by molar-refractivity contribution is 7.12. The predicted molar refractivity (Wildman–Crippen MR) is 82.7 cm³/mol. The molecule has 0 aliphatic carbocycles. The maximum atomic E-state index is 6.13. The van der Waals surface area contributed by atoms with E-state index in [-0.39, 0.29) is 6.04 Å². The Labute approximate surface area is 123 Å². The summed E-state index contributed by atoms with van der Waals surface area (Å²) in [5.74, 6) is 0.856. The molecule has 1 aromatic carbocycles. The molecule has 1 heterocycles. The number of halogens is 1. The van der Waals surface area contributed by atoms with Gasteiger partial charge in [0.2, 0.25) is 0 Å². The summed E-state index contributed by atoms with van der Waals surface area (Å²) in [6, 6.07) is 8.05. The summed E-state index contributed by atoms with van der Waals surface area (Å²) < 4.78 is 5.46. The fourth-order valence-corrected chi connectivity index (χ4v) is 3.65. The Morgan fingerprint density at radius 1 is 1.26 bits per heavy atom. The average Bonchev–Trinajstić information content (AvgIpc) is 2.70. The lowest BCUT2D eigenvalue weighted by Gasteiger charge is -2.19. The Hall–Kier alpha value is -1.03. The van der Waals surface area contributed by atoms with Crippen LogP contribution in [0.1, 0.15) is 26.9 Å². The third kappa shape index (κ3) is 2.94. The predicted octanol–water partition coefficient (Wildman–Crippen LogP) is 4.34. The van der Waals surface area contributed by atoms with Crippen molar-refractivity contribution in [2.75, 3.05) is 14.2 Å². The summed E-state index contributed by atoms with van der Waals surface area (Å²) >= 11 is 7.93. The van der Waals surface area contributed by atoms with Crippen LogP contribution < -0.4 is 10.1 Å². The van der Waals surface area contributed by atoms with Crippen LogP contribution in [-0.2, 0) is 0 Å². The van der Waals surface area contributed by atoms with E-state index in [1.54, 1.807) is 18.4 Å². The Kier molecular flexibility index (Phi) is 4.50. The minimum absolute atomic E-state index is 0.104. The number of methoxy groups -OCH3 is 1. The molecule has 1 aromatic heterocycles. The molecular formula is C15H18ClNOS. The van der Waals surface area contributed by atoms with Gasteiger partial charge in [-0.1, -0.05) is 11.6 Å². The maximum Gasteiger partial charge on any atom is 0.124 e. The highest BCUT2D eigenvalue weighted by atomic mass is 35.5. The second kappa shape index (κ2) is 5.95. The fourth-order valence-electron chi connectivity index (χ4n) is 2.30. The number of benzene rings is 1. The van der Waals surface area contributed by atoms with Crippen LogP contribution in [0, 0.1) is 13.8 Å². The highest BCUT2D eigenvalue weighted by Crippen LogP contribution is 2.36. The molecule has 2 aromatic rings. The van der Waals surface area contributed by atoms with Gasteiger partial charge in [0, 0.05) is 20.3 Å². The Bertz CT molecular complexity index is 580. The molecule has 0 bridgehead atoms. The fraction of sp³-hybridized carbons (Fsp3) is 0.333. The van der Waals surface area contributed by atoms with Crippen molar-refractivity contribution in [3.8, 4) is 5.75 Å². The van der Waals surface area contributed by atoms with Gasteiger partial charge >= 0.3 is 0 Å². The van der Waals surface area contributed by atoms with Crippen LogP contribution in [0.15, 0.2) is 24.3 Å². The summed E-state index contributed by atoms with van der Waals surface area (Å²) in [7, 11) is 3.64. The van der Waals surface area contributed by atoms with E-state index in [9.17, 15) is 0 Å². The number of rotatable bonds is 4. The molecule has 0 saturated heterocycles. The molecule has 2 nitrogen and oxygen atoms in total. The van der Waals surface area contributed by atoms with E-state index in [0.29, 0.717) is 0 Å². The zero-order valence-electron chi connectivity index (χ0n) is 11.6. The SMILES string of the molecule is CNC(c1cc(Cl)ccc1OC)c1sc(C)cc1C. The first-order chi connectivity index (χ1) is 9.06. The summed E-state index contributed by atoms with van der Waals surface area (Å²) in [4.78, 5) is 2.62. The van der Waals surface area contributed by atoms with Crippen LogP contribution in [0.3, 0.4) is 0 Å². The van der Waals surface area contributed by atoms with Crippen LogP contribution in [0.5, 0.6) is 5.75 Å². The Morgan fingerprint density at radius 2 is 2.00 bits per heavy atom. The van der Waals surface area contributed by atoms with Gasteiger partial charge in [-0.3, -0.25) is 0 Å². The number of aryl methyl sites for hydroxylation is 2. The highest BCUT2D eigenvalue weighted by Gasteiger charge is 2.20. The molecule has 1 atom stereocenters. The molecule has 0 aliphatic rings. The summed E-state index contributed by atoms with van der Waals surface area (Å²) in [5.41, 5.74) is 2.37. The number of thiophene rings is 1. The number of hydrogen-bond donors (Lipinski definition) is 1. The van der Waals surface area contributed by atoms with Gasteiger partial charge in [0.1, 0.15) is 5.75 Å². The molecule has 19 heavy (non-hydrogen) atoms. The van der Waals surface area contributed by atoms with E-state index in [1.807, 2.05) is 25.2 Å². The Morgan fingerprint density at radius 3 is 2.53 bits per heavy atom. The molecule has 0 spiro atoms. The third-order valence-corrected chi connectivity index (χ3v) is 4.59. The standard InChI is InChI=1S/C15H18ClNOS/c1-9-7-10(2)19-15(9)14(17-3)12-8-11(16)5-6-13(12)18-4/h5-8,14,17H,1-4H3. The van der Waals surface area contributed by atoms with Crippen LogP contribution in [0.4, 0.5) is 0 Å². The second-order valence-electron chi connectivity index (χ2n) is 4.51. The smallest absolute Gasteiger partial charge is 0.124 e. The molecule has 0 amide bonds. The van der Waals surface area contributed by atoms with Crippen molar-refractivity contribution in [3.63, 3.8) is 0 Å². The van der Waals surface area contributed by atoms with E-state index in [4.69, 9.17) is 16.3 Å². The van der Waals surface area contributed by atoms with E-state index >= 15 is 0 Å². The van der Waals surface area contributed by atoms with Gasteiger partial charge in [-0.15, -0.1) is 11.3 Å². The van der Waals surface area contributed by atoms with Crippen molar-refractivity contribution in [2.45, 2.75) is 19.9 Å². The van der Waals surface area contributed by atoms with Crippen molar-refractivity contribution >= 4 is 22.9 Å². The normalized spacial score (nSPS) is 12.5. The van der Waals surface area contributed by atoms with Gasteiger partial charge in [-0.2, -0.15) is 0 Å². The summed E-state index contributed by atoms with van der Waals surface area (Å²) in [6.45, 7) is 4.27. The lowest BCUT2D eigenvalue weighted by atomic mass is 10.0. The molecule has 1 unspecified atom stereocenters. The van der Waals surface area contributed by atoms with Crippen LogP contribution in [0.2, 0.25) is 5.02 Å². The first kappa shape index (κ1) is 14.4. The molecule has 0 radical (unpaired) electrons. The van der Waals surface area contributed by atoms with Crippen molar-refractivity contribution < 1.29 is 4.74 Å². The monoisotopic (exact) mass is 295 g/mol. The van der Waals surface area contributed by atoms with Gasteiger partial charge < -0.3 is 10.1 Å². The third-order valence-electron chi connectivity index (χ3n) is 3.13. The minimum Gasteiger partial charge on any atom is -0.496 e. The molecule has 0 fully saturated rings. The minimum atomic E-state index is 0.104. The van der Waals surface area contributed by atoms with Gasteiger partial charge in [-0.05, 0) is 50.7 Å². The quantitative estimate of drug-likeness (QED) is 0.906. The average molecular weight is 296 g/mol. The Balaban J connectivity index is 2.53. The zero-order chi connectivity index (χ0) is 14.0. The number of nitrogens with one attached hydrogen (secondary N) is 1. The largest absolute Gasteiger partial charge is 0.496 e. The first-order valence-corrected chi connectivity index (χ1v) is 7.34. The first-order valence-electron chi connectivity index (χ1n) is 6.14. The van der Waals surface area contributed by atoms with Crippen LogP contribution in [-0.4, -0.2) is 14.2 Å². The van der Waals surface area contributed by atoms with Crippen molar-refractivity contribution in [1.29, 1.82) is 0 Å². The summed E-state index contributed by atoms with van der Waals surface area (Å²) in [6.07, 6.45) is 0. The van der Waals surface area contributed by atoms with E-state index in [1.165, 1.54) is 15.3 Å². The van der Waals surface area contributed by atoms with Crippen LogP contribution >= 0.6 is 22.9 Å². The zero-order valence-corrected chi connectivity index (χ0v) is 13.2. The van der Waals surface area contributed by atoms with Crippen molar-refractivity contribution in [2.24, 2.45) is 0 Å². The lowest BCUT2D eigenvalue weighted by Crippen LogP contribution is -2.18. The topological polar surface area (TPSA) is 21.3 Å². The number of ether oxygens (including phenoxy) is 1. The molecule has 4 heteroatoms. The lowest BCUT2D eigenvalue weighted by molar-refractivity contribution is 0.405. The van der Waals surface area contributed by atoms with Crippen LogP contribution in [0.25, 0.3) is 0 Å². The molecule has 0 aliphatic heterocycles. The molecule has 0 saturated carbocycles. The van der Waals surface area contributed by atoms with Gasteiger partial charge in [0.05, 0.1) is 13.2 Å². The van der Waals surface area contributed by atoms with Gasteiger partial charge in [-0.25, -0.2) is 0 Å². The second-order valence-corrected chi connectivity index (χ2v) is 6.24. The van der Waals surface area contributed by atoms with E-state index < -0.39 is 0 Å². The van der Waals surface area contributed by atoms with Gasteiger partial charge in [0.25, 0.3) is 0 Å². The molecule has 2 rings (SSSR count). The van der Waals surface area contributed by atoms with E-state index in [2.05, 4.69) is 25.2 Å². The molecular weight excluding hydrogens is 278 g/mol. The maximum absolute atomic E-state index is 6.13. The van der Waals surface area contributed by atoms with Crippen molar-refractivity contribution in [3.05, 3.63) is 50.2 Å². The summed E-state index contributed by atoms with van der Waals surface area (Å²) in [5, 5.41) is 4.09. The molecule has 102 valence electrons.